The fraction of sp³-hybridized carbons (Fsp3) is 0.500. The Balaban J connectivity index is 0.000000575. The standard InChI is InChI=1S/C20H27N3O2.H2O4S/c1-2-16(22-20(25)17-8-5-6-13-21-17)10-11-19(24)23-14-12-15-7-3-4-9-18(15)23;1-5(2,3)4/h3-4,7,9-11,16-17,21H,2,5-6,8,12-14H2,1H3,(H,22,25);(H2,1,2,3,4)/b11-10+;/t16-,17-;/m0./s1. The molecule has 166 valence electrons. The van der Waals surface area contributed by atoms with Crippen LogP contribution in [0.15, 0.2) is 36.4 Å². The third-order valence-electron chi connectivity index (χ3n) is 5.02. The Morgan fingerprint density at radius 3 is 2.63 bits per heavy atom. The molecule has 4 N–H and O–H groups in total. The number of nitrogens with zero attached hydrogens (tertiary/aromatic N) is 1. The van der Waals surface area contributed by atoms with Crippen LogP contribution < -0.4 is 15.5 Å². The Kier molecular flexibility index (Phi) is 8.97. The summed E-state index contributed by atoms with van der Waals surface area (Å²) in [5, 5.41) is 6.30. The van der Waals surface area contributed by atoms with Crippen LogP contribution in [0.3, 0.4) is 0 Å². The van der Waals surface area contributed by atoms with Gasteiger partial charge in [-0.25, -0.2) is 0 Å². The molecule has 0 aromatic heterocycles. The number of carbonyl (C=O) groups excluding carboxylic acids is 2. The van der Waals surface area contributed by atoms with Crippen LogP contribution >= 0.6 is 0 Å². The van der Waals surface area contributed by atoms with Gasteiger partial charge in [0.1, 0.15) is 0 Å². The summed E-state index contributed by atoms with van der Waals surface area (Å²) in [6.07, 6.45) is 8.19. The summed E-state index contributed by atoms with van der Waals surface area (Å²) in [6, 6.07) is 7.81. The molecule has 1 saturated heterocycles. The predicted octanol–water partition coefficient (Wildman–Crippen LogP) is 1.52. The number of amides is 2. The Labute approximate surface area is 177 Å². The minimum absolute atomic E-state index is 0.0200. The zero-order valence-corrected chi connectivity index (χ0v) is 17.8. The molecular formula is C20H29N3O6S. The van der Waals surface area contributed by atoms with Crippen molar-refractivity contribution in [3.63, 3.8) is 0 Å². The fourth-order valence-electron chi connectivity index (χ4n) is 3.50. The van der Waals surface area contributed by atoms with Crippen molar-refractivity contribution in [2.24, 2.45) is 0 Å². The SMILES string of the molecule is CC[C@@H](/C=C/C(=O)N1CCc2ccccc21)NC(=O)[C@@H]1CCCCN1.O=S(=O)(O)O. The molecule has 10 heteroatoms. The summed E-state index contributed by atoms with van der Waals surface area (Å²) in [7, 11) is -4.67. The molecule has 0 unspecified atom stereocenters. The number of carbonyl (C=O) groups is 2. The number of rotatable bonds is 5. The van der Waals surface area contributed by atoms with Crippen molar-refractivity contribution < 1.29 is 27.1 Å². The molecule has 2 aliphatic rings. The van der Waals surface area contributed by atoms with E-state index in [1.807, 2.05) is 36.1 Å². The molecule has 1 aromatic carbocycles. The lowest BCUT2D eigenvalue weighted by atomic mass is 10.0. The zero-order chi connectivity index (χ0) is 22.1. The molecule has 1 aromatic rings. The smallest absolute Gasteiger partial charge is 0.349 e. The van der Waals surface area contributed by atoms with Gasteiger partial charge < -0.3 is 15.5 Å². The second kappa shape index (κ2) is 11.2. The van der Waals surface area contributed by atoms with Crippen LogP contribution in [-0.2, 0) is 26.4 Å². The van der Waals surface area contributed by atoms with Crippen LogP contribution in [0, 0.1) is 0 Å². The van der Waals surface area contributed by atoms with E-state index < -0.39 is 10.4 Å². The Bertz CT molecular complexity index is 857. The van der Waals surface area contributed by atoms with Gasteiger partial charge in [-0.2, -0.15) is 8.42 Å². The van der Waals surface area contributed by atoms with E-state index in [0.29, 0.717) is 0 Å². The summed E-state index contributed by atoms with van der Waals surface area (Å²) < 4.78 is 31.6. The van der Waals surface area contributed by atoms with Crippen molar-refractivity contribution in [1.82, 2.24) is 10.6 Å². The van der Waals surface area contributed by atoms with Gasteiger partial charge >= 0.3 is 10.4 Å². The van der Waals surface area contributed by atoms with Crippen LogP contribution in [0.1, 0.15) is 38.2 Å². The van der Waals surface area contributed by atoms with Crippen molar-refractivity contribution in [2.75, 3.05) is 18.0 Å². The van der Waals surface area contributed by atoms with Crippen molar-refractivity contribution in [3.8, 4) is 0 Å². The average molecular weight is 440 g/mol. The summed E-state index contributed by atoms with van der Waals surface area (Å²) in [6.45, 7) is 3.63. The molecule has 0 aliphatic carbocycles. The lowest BCUT2D eigenvalue weighted by Crippen LogP contribution is -2.49. The molecule has 0 radical (unpaired) electrons. The number of fused-ring (bicyclic) bond motifs is 1. The minimum Gasteiger partial charge on any atom is -0.349 e. The molecule has 0 bridgehead atoms. The van der Waals surface area contributed by atoms with Crippen molar-refractivity contribution in [3.05, 3.63) is 42.0 Å². The van der Waals surface area contributed by atoms with Gasteiger partial charge in [0, 0.05) is 24.4 Å². The van der Waals surface area contributed by atoms with E-state index in [4.69, 9.17) is 17.5 Å². The van der Waals surface area contributed by atoms with Crippen LogP contribution in [0.25, 0.3) is 0 Å². The van der Waals surface area contributed by atoms with Gasteiger partial charge in [0.05, 0.1) is 6.04 Å². The van der Waals surface area contributed by atoms with E-state index in [9.17, 15) is 9.59 Å². The highest BCUT2D eigenvalue weighted by atomic mass is 32.3. The number of benzene rings is 1. The van der Waals surface area contributed by atoms with E-state index >= 15 is 0 Å². The van der Waals surface area contributed by atoms with Gasteiger partial charge in [-0.15, -0.1) is 0 Å². The van der Waals surface area contributed by atoms with E-state index in [1.54, 1.807) is 6.08 Å². The van der Waals surface area contributed by atoms with Crippen LogP contribution in [0.2, 0.25) is 0 Å². The van der Waals surface area contributed by atoms with Crippen LogP contribution in [0.4, 0.5) is 5.69 Å². The number of hydrogen-bond donors (Lipinski definition) is 4. The first-order valence-electron chi connectivity index (χ1n) is 10.00. The van der Waals surface area contributed by atoms with Gasteiger partial charge in [0.25, 0.3) is 5.91 Å². The number of anilines is 1. The molecule has 2 heterocycles. The van der Waals surface area contributed by atoms with Gasteiger partial charge in [0.15, 0.2) is 0 Å². The quantitative estimate of drug-likeness (QED) is 0.403. The third-order valence-corrected chi connectivity index (χ3v) is 5.02. The average Bonchev–Trinajstić information content (AvgIpc) is 3.14. The second-order valence-corrected chi connectivity index (χ2v) is 8.10. The van der Waals surface area contributed by atoms with Crippen molar-refractivity contribution in [1.29, 1.82) is 0 Å². The van der Waals surface area contributed by atoms with Gasteiger partial charge in [-0.1, -0.05) is 37.6 Å². The third kappa shape index (κ3) is 7.86. The largest absolute Gasteiger partial charge is 0.394 e. The van der Waals surface area contributed by atoms with Gasteiger partial charge in [-0.3, -0.25) is 18.7 Å². The lowest BCUT2D eigenvalue weighted by molar-refractivity contribution is -0.124. The molecule has 0 saturated carbocycles. The first-order valence-corrected chi connectivity index (χ1v) is 11.4. The molecule has 1 fully saturated rings. The maximum absolute atomic E-state index is 12.5. The van der Waals surface area contributed by atoms with Crippen molar-refractivity contribution in [2.45, 2.75) is 51.1 Å². The summed E-state index contributed by atoms with van der Waals surface area (Å²) in [4.78, 5) is 26.7. The molecule has 0 spiro atoms. The number of piperidine rings is 1. The second-order valence-electron chi connectivity index (χ2n) is 7.20. The molecule has 3 rings (SSSR count). The molecule has 9 nitrogen and oxygen atoms in total. The first kappa shape index (κ1) is 24.0. The number of nitrogens with one attached hydrogen (secondary N) is 2. The number of para-hydroxylation sites is 1. The van der Waals surface area contributed by atoms with Crippen LogP contribution in [-0.4, -0.2) is 54.5 Å². The van der Waals surface area contributed by atoms with E-state index in [-0.39, 0.29) is 23.9 Å². The predicted molar refractivity (Wildman–Crippen MR) is 114 cm³/mol. The summed E-state index contributed by atoms with van der Waals surface area (Å²) in [5.74, 6) is 0.0172. The van der Waals surface area contributed by atoms with E-state index in [0.717, 1.165) is 50.9 Å². The van der Waals surface area contributed by atoms with Crippen molar-refractivity contribution >= 4 is 27.9 Å². The minimum atomic E-state index is -4.67. The molecule has 2 aliphatic heterocycles. The molecule has 2 atom stereocenters. The summed E-state index contributed by atoms with van der Waals surface area (Å²) >= 11 is 0. The maximum atomic E-state index is 12.5. The number of hydrogen-bond acceptors (Lipinski definition) is 5. The monoisotopic (exact) mass is 439 g/mol. The highest BCUT2D eigenvalue weighted by molar-refractivity contribution is 7.79. The normalized spacial score (nSPS) is 19.6. The topological polar surface area (TPSA) is 136 Å². The Morgan fingerprint density at radius 2 is 2.00 bits per heavy atom. The molecular weight excluding hydrogens is 410 g/mol. The van der Waals surface area contributed by atoms with Crippen LogP contribution in [0.5, 0.6) is 0 Å². The van der Waals surface area contributed by atoms with E-state index in [1.165, 1.54) is 5.56 Å². The van der Waals surface area contributed by atoms with E-state index in [2.05, 4.69) is 16.7 Å². The molecule has 2 amide bonds. The Hall–Kier alpha value is -2.27. The molecule has 30 heavy (non-hydrogen) atoms. The lowest BCUT2D eigenvalue weighted by Gasteiger charge is -2.24. The highest BCUT2D eigenvalue weighted by Gasteiger charge is 2.24. The zero-order valence-electron chi connectivity index (χ0n) is 17.0. The summed E-state index contributed by atoms with van der Waals surface area (Å²) in [5.41, 5.74) is 2.22. The highest BCUT2D eigenvalue weighted by Crippen LogP contribution is 2.27. The first-order chi connectivity index (χ1) is 14.2. The van der Waals surface area contributed by atoms with Gasteiger partial charge in [0.2, 0.25) is 5.91 Å². The Morgan fingerprint density at radius 1 is 1.30 bits per heavy atom. The maximum Gasteiger partial charge on any atom is 0.394 e. The van der Waals surface area contributed by atoms with Gasteiger partial charge in [-0.05, 0) is 43.9 Å². The fourth-order valence-corrected chi connectivity index (χ4v) is 3.50.